The zero-order valence-corrected chi connectivity index (χ0v) is 12.4. The Morgan fingerprint density at radius 2 is 1.59 bits per heavy atom. The predicted octanol–water partition coefficient (Wildman–Crippen LogP) is 3.58. The maximum absolute atomic E-state index is 12.3. The topological polar surface area (TPSA) is 43.4 Å². The Labute approximate surface area is 141 Å². The zero-order valence-electron chi connectivity index (χ0n) is 11.5. The fourth-order valence-corrected chi connectivity index (χ4v) is 3.62. The number of rotatable bonds is 3. The first-order valence-corrected chi connectivity index (χ1v) is 7.90. The Kier molecular flexibility index (Phi) is 4.67. The standard InChI is InChI=1S/C17H14O3S.Li.H/c1-12(2)20-21(18,19)17-9-5-8-15-14-7-4-3-6-13(14)10-11-16(15)17;;/h3-11H,1H2,2H3;;. The number of hydrogen-bond donors (Lipinski definition) is 0. The molecule has 0 unspecified atom stereocenters. The van der Waals surface area contributed by atoms with Crippen molar-refractivity contribution in [2.24, 2.45) is 0 Å². The van der Waals surface area contributed by atoms with Gasteiger partial charge >= 0.3 is 29.0 Å². The van der Waals surface area contributed by atoms with Crippen LogP contribution in [0.5, 0.6) is 0 Å². The molecule has 108 valence electrons. The van der Waals surface area contributed by atoms with Crippen molar-refractivity contribution in [3.05, 3.63) is 66.9 Å². The van der Waals surface area contributed by atoms with Crippen LogP contribution in [-0.4, -0.2) is 27.3 Å². The van der Waals surface area contributed by atoms with Crippen molar-refractivity contribution in [3.63, 3.8) is 0 Å². The Morgan fingerprint density at radius 1 is 0.909 bits per heavy atom. The van der Waals surface area contributed by atoms with Gasteiger partial charge in [0.05, 0.1) is 0 Å². The van der Waals surface area contributed by atoms with Gasteiger partial charge < -0.3 is 4.18 Å². The van der Waals surface area contributed by atoms with Crippen molar-refractivity contribution in [1.29, 1.82) is 0 Å². The molecule has 3 nitrogen and oxygen atoms in total. The molecule has 5 heteroatoms. The van der Waals surface area contributed by atoms with Gasteiger partial charge in [0.1, 0.15) is 10.7 Å². The molecule has 0 spiro atoms. The van der Waals surface area contributed by atoms with E-state index in [1.165, 1.54) is 6.92 Å². The van der Waals surface area contributed by atoms with E-state index in [0.717, 1.165) is 16.2 Å². The number of allylic oxidation sites excluding steroid dienone is 1. The Hall–Kier alpha value is -1.73. The average molecular weight is 306 g/mol. The van der Waals surface area contributed by atoms with E-state index in [4.69, 9.17) is 4.18 Å². The summed E-state index contributed by atoms with van der Waals surface area (Å²) in [5.41, 5.74) is 0. The van der Waals surface area contributed by atoms with E-state index < -0.39 is 10.1 Å². The molecule has 0 saturated carbocycles. The van der Waals surface area contributed by atoms with E-state index in [-0.39, 0.29) is 29.5 Å². The molecule has 0 amide bonds. The van der Waals surface area contributed by atoms with Crippen LogP contribution in [0, 0.1) is 0 Å². The summed E-state index contributed by atoms with van der Waals surface area (Å²) in [4.78, 5) is 0.161. The fraction of sp³-hybridized carbons (Fsp3) is 0.0588. The molecule has 3 rings (SSSR count). The third kappa shape index (κ3) is 2.91. The normalized spacial score (nSPS) is 11.1. The van der Waals surface area contributed by atoms with Crippen LogP contribution < -0.4 is 0 Å². The number of hydrogen-bond acceptors (Lipinski definition) is 3. The molecule has 3 aromatic carbocycles. The van der Waals surface area contributed by atoms with Crippen LogP contribution in [0.25, 0.3) is 21.5 Å². The summed E-state index contributed by atoms with van der Waals surface area (Å²) >= 11 is 0. The van der Waals surface area contributed by atoms with Crippen molar-refractivity contribution in [2.75, 3.05) is 0 Å². The number of benzene rings is 3. The minimum atomic E-state index is -3.85. The Bertz CT molecular complexity index is 962. The second-order valence-electron chi connectivity index (χ2n) is 4.88. The molecule has 0 aromatic heterocycles. The van der Waals surface area contributed by atoms with Crippen LogP contribution in [0.1, 0.15) is 6.92 Å². The van der Waals surface area contributed by atoms with Gasteiger partial charge in [0.15, 0.2) is 0 Å². The summed E-state index contributed by atoms with van der Waals surface area (Å²) in [5.74, 6) is 0.146. The Morgan fingerprint density at radius 3 is 2.32 bits per heavy atom. The summed E-state index contributed by atoms with van der Waals surface area (Å²) in [6, 6.07) is 16.8. The minimum absolute atomic E-state index is 0. The van der Waals surface area contributed by atoms with Gasteiger partial charge in [-0.25, -0.2) is 0 Å². The molecule has 0 aliphatic rings. The van der Waals surface area contributed by atoms with Gasteiger partial charge in [-0.1, -0.05) is 55.1 Å². The summed E-state index contributed by atoms with van der Waals surface area (Å²) in [6.45, 7) is 5.01. The fourth-order valence-electron chi connectivity index (χ4n) is 2.46. The molecule has 0 atom stereocenters. The molecule has 0 aliphatic heterocycles. The molecule has 0 fully saturated rings. The van der Waals surface area contributed by atoms with E-state index in [0.29, 0.717) is 5.39 Å². The van der Waals surface area contributed by atoms with Gasteiger partial charge in [-0.15, -0.1) is 0 Å². The van der Waals surface area contributed by atoms with Crippen molar-refractivity contribution in [1.82, 2.24) is 0 Å². The van der Waals surface area contributed by atoms with E-state index >= 15 is 0 Å². The zero-order chi connectivity index (χ0) is 15.0. The van der Waals surface area contributed by atoms with Gasteiger partial charge in [-0.2, -0.15) is 8.42 Å². The first kappa shape index (κ1) is 16.6. The molecule has 0 N–H and O–H groups in total. The molecule has 0 heterocycles. The third-order valence-electron chi connectivity index (χ3n) is 3.27. The van der Waals surface area contributed by atoms with Crippen molar-refractivity contribution in [3.8, 4) is 0 Å². The molecular formula is C17H15LiO3S. The maximum atomic E-state index is 12.3. The molecule has 0 bridgehead atoms. The van der Waals surface area contributed by atoms with E-state index in [2.05, 4.69) is 6.58 Å². The molecule has 0 aliphatic carbocycles. The molecular weight excluding hydrogens is 291 g/mol. The van der Waals surface area contributed by atoms with Crippen LogP contribution in [0.4, 0.5) is 0 Å². The van der Waals surface area contributed by atoms with Gasteiger partial charge in [0.2, 0.25) is 0 Å². The van der Waals surface area contributed by atoms with Crippen LogP contribution in [-0.2, 0) is 14.3 Å². The Balaban J connectivity index is 0.00000176. The van der Waals surface area contributed by atoms with Crippen LogP contribution in [0.3, 0.4) is 0 Å². The van der Waals surface area contributed by atoms with Gasteiger partial charge in [0.25, 0.3) is 0 Å². The first-order valence-electron chi connectivity index (χ1n) is 6.49. The van der Waals surface area contributed by atoms with Crippen molar-refractivity contribution >= 4 is 50.5 Å². The molecule has 0 saturated heterocycles. The average Bonchev–Trinajstić information content (AvgIpc) is 2.45. The third-order valence-corrected chi connectivity index (χ3v) is 4.67. The summed E-state index contributed by atoms with van der Waals surface area (Å²) < 4.78 is 29.5. The van der Waals surface area contributed by atoms with Crippen molar-refractivity contribution in [2.45, 2.75) is 11.8 Å². The predicted molar refractivity (Wildman–Crippen MR) is 91.7 cm³/mol. The molecule has 22 heavy (non-hydrogen) atoms. The summed E-state index contributed by atoms with van der Waals surface area (Å²) in [5, 5.41) is 3.62. The summed E-state index contributed by atoms with van der Waals surface area (Å²) in [6.07, 6.45) is 0. The molecule has 0 radical (unpaired) electrons. The van der Waals surface area contributed by atoms with Crippen molar-refractivity contribution < 1.29 is 12.6 Å². The second-order valence-corrected chi connectivity index (χ2v) is 6.39. The quantitative estimate of drug-likeness (QED) is 0.321. The molecule has 3 aromatic rings. The van der Waals surface area contributed by atoms with Crippen LogP contribution in [0.15, 0.2) is 71.8 Å². The van der Waals surface area contributed by atoms with Gasteiger partial charge in [-0.3, -0.25) is 0 Å². The van der Waals surface area contributed by atoms with Crippen LogP contribution in [0.2, 0.25) is 0 Å². The van der Waals surface area contributed by atoms with E-state index in [1.54, 1.807) is 12.1 Å². The van der Waals surface area contributed by atoms with Crippen LogP contribution >= 0.6 is 0 Å². The van der Waals surface area contributed by atoms with E-state index in [9.17, 15) is 8.42 Å². The van der Waals surface area contributed by atoms with Gasteiger partial charge in [0, 0.05) is 5.39 Å². The first-order chi connectivity index (χ1) is 9.99. The SMILES string of the molecule is C=C(C)OS(=O)(=O)c1cccc2c1ccc1ccccc12.[LiH]. The van der Waals surface area contributed by atoms with E-state index in [1.807, 2.05) is 42.5 Å². The monoisotopic (exact) mass is 306 g/mol. The van der Waals surface area contributed by atoms with Gasteiger partial charge in [-0.05, 0) is 29.1 Å². The number of fused-ring (bicyclic) bond motifs is 3. The second kappa shape index (κ2) is 6.18. The summed E-state index contributed by atoms with van der Waals surface area (Å²) in [7, 11) is -3.85.